The third-order valence-corrected chi connectivity index (χ3v) is 7.60. The van der Waals surface area contributed by atoms with Crippen LogP contribution in [0.2, 0.25) is 5.02 Å². The van der Waals surface area contributed by atoms with Crippen molar-refractivity contribution < 1.29 is 4.04 Å². The van der Waals surface area contributed by atoms with Crippen LogP contribution in [0.25, 0.3) is 0 Å². The number of nitrogens with zero attached hydrogens (tertiary/aromatic N) is 1. The van der Waals surface area contributed by atoms with E-state index < -0.39 is 10.6 Å². The molecule has 0 bridgehead atoms. The molecule has 158 valence electrons. The molecule has 2 aromatic rings. The van der Waals surface area contributed by atoms with E-state index in [1.54, 1.807) is 0 Å². The van der Waals surface area contributed by atoms with Crippen LogP contribution < -0.4 is 5.32 Å². The van der Waals surface area contributed by atoms with Gasteiger partial charge in [0.2, 0.25) is 0 Å². The molecule has 1 aliphatic carbocycles. The average Bonchev–Trinajstić information content (AvgIpc) is 2.93. The molecule has 3 nitrogen and oxygen atoms in total. The molecule has 0 saturated carbocycles. The molecule has 1 unspecified atom stereocenters. The van der Waals surface area contributed by atoms with Crippen LogP contribution in [-0.2, 0) is 21.1 Å². The summed E-state index contributed by atoms with van der Waals surface area (Å²) in [4.78, 5) is 3.20. The zero-order chi connectivity index (χ0) is 20.9. The molecule has 1 fully saturated rings. The predicted octanol–water partition coefficient (Wildman–Crippen LogP) is 5.44. The second-order valence-electron chi connectivity index (χ2n) is 8.19. The first-order chi connectivity index (χ1) is 14.6. The van der Waals surface area contributed by atoms with Crippen molar-refractivity contribution in [3.05, 3.63) is 88.1 Å². The van der Waals surface area contributed by atoms with Crippen molar-refractivity contribution in [3.63, 3.8) is 0 Å². The third kappa shape index (κ3) is 5.50. The van der Waals surface area contributed by atoms with E-state index in [0.717, 1.165) is 54.3 Å². The Morgan fingerprint density at radius 1 is 1.13 bits per heavy atom. The summed E-state index contributed by atoms with van der Waals surface area (Å²) in [6.07, 6.45) is 8.93. The van der Waals surface area contributed by atoms with Gasteiger partial charge in [-0.3, -0.25) is 0 Å². The molecule has 0 aromatic heterocycles. The van der Waals surface area contributed by atoms with Gasteiger partial charge in [-0.1, -0.05) is 0 Å². The number of hydrogen-bond acceptors (Lipinski definition) is 3. The Morgan fingerprint density at radius 2 is 1.93 bits per heavy atom. The van der Waals surface area contributed by atoms with Gasteiger partial charge in [-0.05, 0) is 0 Å². The second kappa shape index (κ2) is 10.1. The van der Waals surface area contributed by atoms with Gasteiger partial charge in [0.1, 0.15) is 0 Å². The first-order valence-electron chi connectivity index (χ1n) is 10.7. The summed E-state index contributed by atoms with van der Waals surface area (Å²) in [5.74, 6) is 0.537. The Labute approximate surface area is 187 Å². The fourth-order valence-corrected chi connectivity index (χ4v) is 5.48. The Bertz CT molecular complexity index is 1020. The zero-order valence-corrected chi connectivity index (χ0v) is 19.0. The van der Waals surface area contributed by atoms with Crippen LogP contribution in [0.4, 0.5) is 0 Å². The normalized spacial score (nSPS) is 19.5. The van der Waals surface area contributed by atoms with E-state index in [2.05, 4.69) is 52.7 Å². The monoisotopic (exact) mass is 440 g/mol. The average molecular weight is 441 g/mol. The minimum absolute atomic E-state index is 0.337. The minimum atomic E-state index is -1.08. The third-order valence-electron chi connectivity index (χ3n) is 5.80. The topological polar surface area (TPSA) is 35.2 Å². The number of allylic oxidation sites excluding steroid dienone is 2. The Balaban J connectivity index is 1.48. The van der Waals surface area contributed by atoms with E-state index in [0.29, 0.717) is 11.9 Å². The summed E-state index contributed by atoms with van der Waals surface area (Å²) < 4.78 is 13.1. The van der Waals surface area contributed by atoms with Gasteiger partial charge < -0.3 is 0 Å². The molecule has 0 spiro atoms. The summed E-state index contributed by atoms with van der Waals surface area (Å²) in [5, 5.41) is 4.50. The van der Waals surface area contributed by atoms with Crippen LogP contribution in [0.3, 0.4) is 0 Å². The van der Waals surface area contributed by atoms with Crippen LogP contribution in [0.5, 0.6) is 0 Å². The van der Waals surface area contributed by atoms with Crippen molar-refractivity contribution in [2.45, 2.75) is 43.5 Å². The number of benzene rings is 2. The molecular weight excluding hydrogens is 412 g/mol. The molecule has 1 atom stereocenters. The standard InChI is InChI=1S/C25H29ClN2OS/c1-19-15-23(13-14-24(19)26)30(29)18-28-16-21-9-5-6-10-25(21)27-22(17-28)12-11-20-7-3-2-4-8-20/h2-4,7-10,13-15,22,27H,5-6,11-12,16-18H2,1H3. The molecule has 5 heteroatoms. The maximum absolute atomic E-state index is 13.1. The maximum atomic E-state index is 13.1. The van der Waals surface area contributed by atoms with Crippen LogP contribution >= 0.6 is 11.6 Å². The second-order valence-corrected chi connectivity index (χ2v) is 10.0. The van der Waals surface area contributed by atoms with E-state index in [1.807, 2.05) is 25.1 Å². The number of rotatable bonds is 4. The van der Waals surface area contributed by atoms with Crippen molar-refractivity contribution in [3.8, 4) is 0 Å². The quantitative estimate of drug-likeness (QED) is 0.507. The van der Waals surface area contributed by atoms with Gasteiger partial charge in [-0.15, -0.1) is 0 Å². The summed E-state index contributed by atoms with van der Waals surface area (Å²) in [7, 11) is -1.08. The zero-order valence-electron chi connectivity index (χ0n) is 17.4. The van der Waals surface area contributed by atoms with Gasteiger partial charge in [0, 0.05) is 0 Å². The predicted molar refractivity (Wildman–Crippen MR) is 126 cm³/mol. The van der Waals surface area contributed by atoms with Gasteiger partial charge in [-0.2, -0.15) is 0 Å². The number of nitrogens with one attached hydrogen (secondary N) is 1. The van der Waals surface area contributed by atoms with Crippen molar-refractivity contribution in [2.24, 2.45) is 0 Å². The molecule has 1 heterocycles. The number of hydrogen-bond donors (Lipinski definition) is 1. The van der Waals surface area contributed by atoms with Crippen molar-refractivity contribution >= 4 is 22.2 Å². The number of halogens is 1. The molecule has 30 heavy (non-hydrogen) atoms. The molecule has 2 aromatic carbocycles. The van der Waals surface area contributed by atoms with Gasteiger partial charge in [0.05, 0.1) is 0 Å². The molecule has 0 amide bonds. The molecular formula is C25H29ClN2OS. The molecule has 1 N–H and O–H groups in total. The fraction of sp³-hybridized carbons (Fsp3) is 0.360. The number of fused-ring (bicyclic) bond motifs is 1. The molecule has 1 aliphatic heterocycles. The first-order valence-corrected chi connectivity index (χ1v) is 12.3. The van der Waals surface area contributed by atoms with E-state index in [9.17, 15) is 4.04 Å². The van der Waals surface area contributed by atoms with Gasteiger partial charge in [-0.25, -0.2) is 0 Å². The molecule has 4 rings (SSSR count). The molecule has 0 radical (unpaired) electrons. The Morgan fingerprint density at radius 3 is 2.73 bits per heavy atom. The van der Waals surface area contributed by atoms with Crippen LogP contribution in [0, 0.1) is 6.92 Å². The van der Waals surface area contributed by atoms with E-state index >= 15 is 0 Å². The summed E-state index contributed by atoms with van der Waals surface area (Å²) >= 11 is 6.15. The molecule has 1 saturated heterocycles. The summed E-state index contributed by atoms with van der Waals surface area (Å²) in [5.41, 5.74) is 4.95. The summed E-state index contributed by atoms with van der Waals surface area (Å²) in [6, 6.07) is 16.7. The number of aryl methyl sites for hydroxylation is 2. The van der Waals surface area contributed by atoms with Crippen molar-refractivity contribution in [2.75, 3.05) is 19.0 Å². The fourth-order valence-electron chi connectivity index (χ4n) is 4.16. The SMILES string of the molecule is Cc1cc([S-](#[O+])CN2CC3=CCCC=C3NC(CCc3ccccc3)C2)ccc1Cl. The van der Waals surface area contributed by atoms with Crippen molar-refractivity contribution in [1.82, 2.24) is 10.2 Å². The van der Waals surface area contributed by atoms with Crippen molar-refractivity contribution in [1.29, 1.82) is 0 Å². The summed E-state index contributed by atoms with van der Waals surface area (Å²) in [6.45, 7) is 3.70. The van der Waals surface area contributed by atoms with E-state index in [1.165, 1.54) is 16.8 Å². The van der Waals surface area contributed by atoms with Gasteiger partial charge >= 0.3 is 187 Å². The Kier molecular flexibility index (Phi) is 7.21. The van der Waals surface area contributed by atoms with Crippen LogP contribution in [-0.4, -0.2) is 29.9 Å². The molecule has 2 aliphatic rings. The van der Waals surface area contributed by atoms with Crippen LogP contribution in [0.15, 0.2) is 76.8 Å². The Hall–Kier alpha value is -1.72. The van der Waals surface area contributed by atoms with E-state index in [-0.39, 0.29) is 0 Å². The van der Waals surface area contributed by atoms with E-state index in [4.69, 9.17) is 11.6 Å². The first kappa shape index (κ1) is 21.5. The van der Waals surface area contributed by atoms with Gasteiger partial charge in [0.15, 0.2) is 0 Å². The van der Waals surface area contributed by atoms with Gasteiger partial charge in [0.25, 0.3) is 0 Å². The van der Waals surface area contributed by atoms with Crippen LogP contribution in [0.1, 0.15) is 30.4 Å².